The Kier molecular flexibility index (Phi) is 10.4. The number of nitrogens with one attached hydrogen (secondary N) is 3. The SMILES string of the molecule is COc1nc(-c2cccc(-c3cccc(-c4ccn5c(=O)c(CNC[C@H]6CCCO6)cnc5c4)c3Cl)c2Cl)ccc1CNC[C@@H]1CCC(=O)N1. The summed E-state index contributed by atoms with van der Waals surface area (Å²) in [7, 11) is 1.60. The zero-order chi connectivity index (χ0) is 34.6. The lowest BCUT2D eigenvalue weighted by Gasteiger charge is -2.16. The van der Waals surface area contributed by atoms with Crippen LogP contribution in [0.15, 0.2) is 77.9 Å². The van der Waals surface area contributed by atoms with E-state index >= 15 is 0 Å². The molecule has 50 heavy (non-hydrogen) atoms. The first-order valence-corrected chi connectivity index (χ1v) is 17.6. The molecule has 3 N–H and O–H groups in total. The van der Waals surface area contributed by atoms with Gasteiger partial charge >= 0.3 is 0 Å². The maximum Gasteiger partial charge on any atom is 0.262 e. The highest BCUT2D eigenvalue weighted by Gasteiger charge is 2.21. The van der Waals surface area contributed by atoms with Gasteiger partial charge in [-0.1, -0.05) is 65.7 Å². The molecule has 2 aliphatic rings. The fourth-order valence-electron chi connectivity index (χ4n) is 6.62. The molecule has 2 aliphatic heterocycles. The summed E-state index contributed by atoms with van der Waals surface area (Å²) < 4.78 is 12.9. The molecule has 0 spiro atoms. The van der Waals surface area contributed by atoms with Gasteiger partial charge in [0.2, 0.25) is 11.8 Å². The molecule has 2 atom stereocenters. The van der Waals surface area contributed by atoms with Crippen LogP contribution in [0.5, 0.6) is 5.88 Å². The highest BCUT2D eigenvalue weighted by atomic mass is 35.5. The summed E-state index contributed by atoms with van der Waals surface area (Å²) >= 11 is 14.2. The van der Waals surface area contributed by atoms with Gasteiger partial charge in [0, 0.05) is 91.0 Å². The van der Waals surface area contributed by atoms with Crippen molar-refractivity contribution >= 4 is 34.8 Å². The number of nitrogens with zero attached hydrogens (tertiary/aromatic N) is 3. The van der Waals surface area contributed by atoms with Crippen molar-refractivity contribution < 1.29 is 14.3 Å². The van der Waals surface area contributed by atoms with E-state index in [1.165, 1.54) is 0 Å². The van der Waals surface area contributed by atoms with E-state index in [9.17, 15) is 9.59 Å². The summed E-state index contributed by atoms with van der Waals surface area (Å²) in [5.41, 5.74) is 6.46. The highest BCUT2D eigenvalue weighted by Crippen LogP contribution is 2.42. The molecule has 1 amide bonds. The van der Waals surface area contributed by atoms with E-state index in [1.54, 1.807) is 23.9 Å². The number of amides is 1. The topological polar surface area (TPSA) is 119 Å². The van der Waals surface area contributed by atoms with Crippen LogP contribution < -0.4 is 26.2 Å². The maximum atomic E-state index is 13.2. The largest absolute Gasteiger partial charge is 0.481 e. The molecule has 0 saturated carbocycles. The monoisotopic (exact) mass is 712 g/mol. The Morgan fingerprint density at radius 2 is 1.66 bits per heavy atom. The van der Waals surface area contributed by atoms with E-state index in [2.05, 4.69) is 20.9 Å². The summed E-state index contributed by atoms with van der Waals surface area (Å²) in [5, 5.41) is 10.7. The molecule has 2 saturated heterocycles. The van der Waals surface area contributed by atoms with Crippen molar-refractivity contribution in [1.29, 1.82) is 0 Å². The second kappa shape index (κ2) is 15.3. The molecule has 7 rings (SSSR count). The maximum absolute atomic E-state index is 13.2. The van der Waals surface area contributed by atoms with Gasteiger partial charge in [0.1, 0.15) is 5.65 Å². The molecule has 5 heterocycles. The van der Waals surface area contributed by atoms with Crippen LogP contribution in [0, 0.1) is 0 Å². The number of ether oxygens (including phenoxy) is 2. The third-order valence-electron chi connectivity index (χ3n) is 9.29. The quantitative estimate of drug-likeness (QED) is 0.143. The summed E-state index contributed by atoms with van der Waals surface area (Å²) in [4.78, 5) is 34.1. The lowest BCUT2D eigenvalue weighted by atomic mass is 9.97. The highest BCUT2D eigenvalue weighted by molar-refractivity contribution is 6.39. The molecule has 3 aromatic heterocycles. The van der Waals surface area contributed by atoms with Crippen LogP contribution in [0.3, 0.4) is 0 Å². The summed E-state index contributed by atoms with van der Waals surface area (Å²) in [5.74, 6) is 0.595. The smallest absolute Gasteiger partial charge is 0.262 e. The number of aromatic nitrogens is 3. The molecule has 12 heteroatoms. The number of hydrogen-bond donors (Lipinski definition) is 3. The van der Waals surface area contributed by atoms with E-state index in [-0.39, 0.29) is 23.6 Å². The molecule has 0 bridgehead atoms. The summed E-state index contributed by atoms with van der Waals surface area (Å²) in [6.45, 7) is 3.16. The van der Waals surface area contributed by atoms with Crippen LogP contribution in [0.1, 0.15) is 36.8 Å². The van der Waals surface area contributed by atoms with Crippen LogP contribution in [-0.2, 0) is 22.6 Å². The molecule has 258 valence electrons. The standard InChI is InChI=1S/C38H38Cl2N6O4/c1-49-37-24(18-41-21-26-11-13-34(47)44-26)10-12-32(45-37)31-9-3-8-30(36(31)40)29-7-2-6-28(35(29)39)23-14-15-46-33(17-23)43-20-25(38(46)48)19-42-22-27-5-4-16-50-27/h2-3,6-10,12,14-15,17,20,26-27,41-42H,4-5,11,13,16,18-19,21-22H2,1H3,(H,44,47)/t26-,27+/m0/s1. The lowest BCUT2D eigenvalue weighted by Crippen LogP contribution is -2.35. The van der Waals surface area contributed by atoms with E-state index in [0.29, 0.717) is 65.4 Å². The Morgan fingerprint density at radius 3 is 2.40 bits per heavy atom. The Bertz CT molecular complexity index is 2100. The number of methoxy groups -OCH3 is 1. The third-order valence-corrected chi connectivity index (χ3v) is 10.1. The van der Waals surface area contributed by atoms with Crippen LogP contribution >= 0.6 is 23.2 Å². The normalized spacial score (nSPS) is 17.4. The lowest BCUT2D eigenvalue weighted by molar-refractivity contribution is -0.119. The first-order chi connectivity index (χ1) is 24.4. The molecule has 0 unspecified atom stereocenters. The van der Waals surface area contributed by atoms with Crippen molar-refractivity contribution in [3.05, 3.63) is 105 Å². The predicted octanol–water partition coefficient (Wildman–Crippen LogP) is 6.04. The van der Waals surface area contributed by atoms with Gasteiger partial charge in [-0.15, -0.1) is 0 Å². The number of carbonyl (C=O) groups excluding carboxylic acids is 1. The zero-order valence-electron chi connectivity index (χ0n) is 27.7. The fraction of sp³-hybridized carbons (Fsp3) is 0.316. The van der Waals surface area contributed by atoms with Gasteiger partial charge in [0.15, 0.2) is 0 Å². The predicted molar refractivity (Wildman–Crippen MR) is 196 cm³/mol. The molecule has 2 aromatic carbocycles. The van der Waals surface area contributed by atoms with Crippen LogP contribution in [0.4, 0.5) is 0 Å². The molecule has 0 radical (unpaired) electrons. The van der Waals surface area contributed by atoms with Gasteiger partial charge in [0.25, 0.3) is 5.56 Å². The Balaban J connectivity index is 1.11. The number of halogens is 2. The minimum atomic E-state index is -0.113. The Morgan fingerprint density at radius 1 is 0.920 bits per heavy atom. The van der Waals surface area contributed by atoms with Gasteiger partial charge in [-0.25, -0.2) is 9.97 Å². The molecule has 5 aromatic rings. The van der Waals surface area contributed by atoms with Crippen molar-refractivity contribution in [1.82, 2.24) is 30.3 Å². The molecule has 2 fully saturated rings. The van der Waals surface area contributed by atoms with E-state index < -0.39 is 0 Å². The van der Waals surface area contributed by atoms with Gasteiger partial charge in [-0.3, -0.25) is 14.0 Å². The molecule has 10 nitrogen and oxygen atoms in total. The van der Waals surface area contributed by atoms with E-state index in [1.807, 2.05) is 60.7 Å². The Labute approximate surface area is 300 Å². The van der Waals surface area contributed by atoms with Gasteiger partial charge in [-0.05, 0) is 43.0 Å². The van der Waals surface area contributed by atoms with Crippen molar-refractivity contribution in [2.24, 2.45) is 0 Å². The second-order valence-corrected chi connectivity index (χ2v) is 13.4. The van der Waals surface area contributed by atoms with Crippen molar-refractivity contribution in [3.63, 3.8) is 0 Å². The number of carbonyl (C=O) groups is 1. The first-order valence-electron chi connectivity index (χ1n) is 16.8. The van der Waals surface area contributed by atoms with Crippen molar-refractivity contribution in [2.45, 2.75) is 50.9 Å². The zero-order valence-corrected chi connectivity index (χ0v) is 29.2. The second-order valence-electron chi connectivity index (χ2n) is 12.6. The molecular weight excluding hydrogens is 675 g/mol. The first kappa shape index (κ1) is 34.1. The minimum Gasteiger partial charge on any atom is -0.481 e. The molecular formula is C38H38Cl2N6O4. The summed E-state index contributed by atoms with van der Waals surface area (Å²) in [6.07, 6.45) is 7.09. The van der Waals surface area contributed by atoms with Crippen LogP contribution in [0.2, 0.25) is 10.0 Å². The number of benzene rings is 2. The third kappa shape index (κ3) is 7.26. The van der Waals surface area contributed by atoms with Crippen LogP contribution in [-0.4, -0.2) is 59.2 Å². The van der Waals surface area contributed by atoms with Crippen LogP contribution in [0.25, 0.3) is 39.2 Å². The average molecular weight is 714 g/mol. The van der Waals surface area contributed by atoms with Crippen molar-refractivity contribution in [3.8, 4) is 39.4 Å². The number of hydrogen-bond acceptors (Lipinski definition) is 8. The van der Waals surface area contributed by atoms with Gasteiger partial charge in [-0.2, -0.15) is 0 Å². The Hall–Kier alpha value is -4.32. The number of fused-ring (bicyclic) bond motifs is 1. The van der Waals surface area contributed by atoms with E-state index in [0.717, 1.165) is 59.3 Å². The summed E-state index contributed by atoms with van der Waals surface area (Å²) in [6, 6.07) is 19.4. The number of rotatable bonds is 12. The van der Waals surface area contributed by atoms with E-state index in [4.69, 9.17) is 37.7 Å². The number of pyridine rings is 2. The minimum absolute atomic E-state index is 0.0971. The fourth-order valence-corrected chi connectivity index (χ4v) is 7.28. The van der Waals surface area contributed by atoms with Gasteiger partial charge < -0.3 is 25.4 Å². The average Bonchev–Trinajstić information content (AvgIpc) is 3.81. The van der Waals surface area contributed by atoms with Gasteiger partial charge in [0.05, 0.1) is 29.0 Å². The van der Waals surface area contributed by atoms with Crippen molar-refractivity contribution in [2.75, 3.05) is 26.8 Å². The molecule has 0 aliphatic carbocycles.